The van der Waals surface area contributed by atoms with Crippen molar-refractivity contribution in [3.8, 4) is 0 Å². The number of rotatable bonds is 0. The van der Waals surface area contributed by atoms with Crippen molar-refractivity contribution in [2.75, 3.05) is 0 Å². The summed E-state index contributed by atoms with van der Waals surface area (Å²) in [6.45, 7) is 0. The molecule has 0 aromatic rings. The SMILES string of the molecule is [Dy].[Mo].[Ni].[Tb]. The van der Waals surface area contributed by atoms with E-state index in [-0.39, 0.29) is 114 Å². The first-order chi connectivity index (χ1) is 0. The molecule has 0 N–H and O–H groups in total. The molecule has 0 aromatic carbocycles. The van der Waals surface area contributed by atoms with Crippen molar-refractivity contribution >= 4 is 0 Å². The molecule has 0 aliphatic heterocycles. The fraction of sp³-hybridized carbons (Fsp3) is 0. The molecule has 4 heavy (non-hydrogen) atoms. The standard InChI is InChI=1S/Dy.Mo.Ni.Tb. The topological polar surface area (TPSA) is 0 Å². The summed E-state index contributed by atoms with van der Waals surface area (Å²) in [6, 6.07) is 0. The van der Waals surface area contributed by atoms with E-state index in [1.807, 2.05) is 0 Å². The molecule has 0 spiro atoms. The maximum atomic E-state index is 0. The normalized spacial score (nSPS) is 0. The van der Waals surface area contributed by atoms with Crippen LogP contribution < -0.4 is 0 Å². The minimum atomic E-state index is 0. The molecule has 0 bridgehead atoms. The molecule has 0 heterocycles. The van der Waals surface area contributed by atoms with Crippen LogP contribution in [0.15, 0.2) is 0 Å². The van der Waals surface area contributed by atoms with Crippen LogP contribution in [0.4, 0.5) is 0 Å². The van der Waals surface area contributed by atoms with Crippen LogP contribution in [0.1, 0.15) is 0 Å². The van der Waals surface area contributed by atoms with Gasteiger partial charge in [0, 0.05) is 114 Å². The van der Waals surface area contributed by atoms with E-state index in [9.17, 15) is 0 Å². The Morgan fingerprint density at radius 2 is 1.00 bits per heavy atom. The smallest absolute Gasteiger partial charge is 0 e. The Morgan fingerprint density at radius 1 is 1.00 bits per heavy atom. The fourth-order valence-corrected chi connectivity index (χ4v) is 0. The number of hydrogen-bond acceptors (Lipinski definition) is 0. The van der Waals surface area contributed by atoms with Crippen LogP contribution in [0.25, 0.3) is 0 Å². The second-order valence-electron chi connectivity index (χ2n) is 0. The van der Waals surface area contributed by atoms with Crippen LogP contribution in [0.2, 0.25) is 0 Å². The third kappa shape index (κ3) is 9.22. The molecule has 0 atom stereocenters. The molecule has 4 heteroatoms. The molecule has 0 rings (SSSR count). The summed E-state index contributed by atoms with van der Waals surface area (Å²) in [4.78, 5) is 0. The third-order valence-electron chi connectivity index (χ3n) is 0. The van der Waals surface area contributed by atoms with Crippen LogP contribution >= 0.6 is 0 Å². The Hall–Kier alpha value is 3.74. The van der Waals surface area contributed by atoms with Crippen LogP contribution in [0, 0.1) is 76.8 Å². The molecule has 1 radical (unpaired) electrons. The van der Waals surface area contributed by atoms with Gasteiger partial charge in [-0.25, -0.2) is 0 Å². The maximum Gasteiger partial charge on any atom is 0 e. The fourth-order valence-electron chi connectivity index (χ4n) is 0. The van der Waals surface area contributed by atoms with Gasteiger partial charge in [-0.1, -0.05) is 0 Å². The second kappa shape index (κ2) is 15.9. The van der Waals surface area contributed by atoms with E-state index in [0.717, 1.165) is 0 Å². The Kier molecular flexibility index (Phi) is 99.8. The molecule has 35 valence electrons. The van der Waals surface area contributed by atoms with Crippen LogP contribution in [0.3, 0.4) is 0 Å². The van der Waals surface area contributed by atoms with E-state index in [1.165, 1.54) is 0 Å². The first-order valence-corrected chi connectivity index (χ1v) is 0. The van der Waals surface area contributed by atoms with Gasteiger partial charge in [-0.05, 0) is 0 Å². The van der Waals surface area contributed by atoms with E-state index in [4.69, 9.17) is 0 Å². The van der Waals surface area contributed by atoms with Gasteiger partial charge in [0.1, 0.15) is 0 Å². The van der Waals surface area contributed by atoms with Crippen molar-refractivity contribution in [2.45, 2.75) is 0 Å². The summed E-state index contributed by atoms with van der Waals surface area (Å²) in [5, 5.41) is 0. The minimum absolute atomic E-state index is 0. The van der Waals surface area contributed by atoms with Crippen molar-refractivity contribution in [3.05, 3.63) is 0 Å². The Morgan fingerprint density at radius 3 is 1.00 bits per heavy atom. The van der Waals surface area contributed by atoms with Crippen molar-refractivity contribution in [3.63, 3.8) is 0 Å². The van der Waals surface area contributed by atoms with Crippen molar-refractivity contribution < 1.29 is 114 Å². The molecule has 0 fully saturated rings. The summed E-state index contributed by atoms with van der Waals surface area (Å²) in [6.07, 6.45) is 0. The molecule has 0 nitrogen and oxygen atoms in total. The van der Waals surface area contributed by atoms with Gasteiger partial charge in [0.25, 0.3) is 0 Å². The van der Waals surface area contributed by atoms with Crippen molar-refractivity contribution in [1.82, 2.24) is 0 Å². The van der Waals surface area contributed by atoms with Crippen molar-refractivity contribution in [1.29, 1.82) is 0 Å². The third-order valence-corrected chi connectivity index (χ3v) is 0. The Balaban J connectivity index is 0. The Labute approximate surface area is 111 Å². The molecule has 0 saturated carbocycles. The predicted molar refractivity (Wildman–Crippen MR) is 0 cm³/mol. The van der Waals surface area contributed by atoms with E-state index >= 15 is 0 Å². The number of hydrogen-bond donors (Lipinski definition) is 0. The zero-order valence-corrected chi connectivity index (χ0v) is 8.54. The van der Waals surface area contributed by atoms with E-state index < -0.39 is 0 Å². The first-order valence-electron chi connectivity index (χ1n) is 0. The van der Waals surface area contributed by atoms with Gasteiger partial charge in [0.2, 0.25) is 0 Å². The van der Waals surface area contributed by atoms with Gasteiger partial charge < -0.3 is 0 Å². The van der Waals surface area contributed by atoms with E-state index in [0.29, 0.717) is 0 Å². The predicted octanol–water partition coefficient (Wildman–Crippen LogP) is -0.00500. The summed E-state index contributed by atoms with van der Waals surface area (Å²) < 4.78 is 0. The molecule has 0 aliphatic rings. The summed E-state index contributed by atoms with van der Waals surface area (Å²) in [7, 11) is 0. The van der Waals surface area contributed by atoms with Gasteiger partial charge >= 0.3 is 0 Å². The summed E-state index contributed by atoms with van der Waals surface area (Å²) in [5.74, 6) is 0. The van der Waals surface area contributed by atoms with Gasteiger partial charge in [-0.15, -0.1) is 0 Å². The molecule has 0 unspecified atom stereocenters. The summed E-state index contributed by atoms with van der Waals surface area (Å²) >= 11 is 0. The average Bonchev–Trinajstić information content (AvgIpc) is 0. The molecule has 0 saturated heterocycles. The first kappa shape index (κ1) is 25.1. The second-order valence-corrected chi connectivity index (χ2v) is 0. The molecular formula is DyMoNiTb. The van der Waals surface area contributed by atoms with Gasteiger partial charge in [-0.3, -0.25) is 0 Å². The average molecular weight is 476 g/mol. The largest absolute Gasteiger partial charge is 0 e. The van der Waals surface area contributed by atoms with Crippen molar-refractivity contribution in [2.24, 2.45) is 0 Å². The van der Waals surface area contributed by atoms with Crippen LogP contribution in [-0.4, -0.2) is 0 Å². The zero-order chi connectivity index (χ0) is 0. The van der Waals surface area contributed by atoms with Gasteiger partial charge in [-0.2, -0.15) is 0 Å². The van der Waals surface area contributed by atoms with Crippen LogP contribution in [-0.2, 0) is 37.6 Å². The molecule has 0 aromatic heterocycles. The molecule has 0 amide bonds. The summed E-state index contributed by atoms with van der Waals surface area (Å²) in [5.41, 5.74) is 0. The molecule has 0 aliphatic carbocycles. The Bertz CT molecular complexity index is 8.00. The maximum absolute atomic E-state index is 0. The van der Waals surface area contributed by atoms with E-state index in [2.05, 4.69) is 0 Å². The minimum Gasteiger partial charge on any atom is 0 e. The van der Waals surface area contributed by atoms with Gasteiger partial charge in [0.15, 0.2) is 0 Å². The van der Waals surface area contributed by atoms with Gasteiger partial charge in [0.05, 0.1) is 0 Å². The monoisotopic (exact) mass is 479 g/mol. The quantitative estimate of drug-likeness (QED) is 0.433. The van der Waals surface area contributed by atoms with E-state index in [1.54, 1.807) is 0 Å². The molecular weight excluding hydrogens is 476 g/mol. The zero-order valence-electron chi connectivity index (χ0n) is 1.37. The van der Waals surface area contributed by atoms with Crippen LogP contribution in [0.5, 0.6) is 0 Å².